The Hall–Kier alpha value is -1.76. The Morgan fingerprint density at radius 1 is 1.18 bits per heavy atom. The molecule has 0 aliphatic heterocycles. The van der Waals surface area contributed by atoms with Gasteiger partial charge in [-0.05, 0) is 30.5 Å². The standard InChI is InChI=1S/C15H25N3O3S/c1-16-15(17-10-4-12-22(3,19)20)18-11-9-13-5-7-14(21-2)8-6-13/h5-8H,4,9-12H2,1-3H3,(H2,16,17,18). The maximum atomic E-state index is 11.0. The van der Waals surface area contributed by atoms with Gasteiger partial charge in [0.15, 0.2) is 5.96 Å². The van der Waals surface area contributed by atoms with E-state index >= 15 is 0 Å². The van der Waals surface area contributed by atoms with Crippen molar-refractivity contribution in [2.45, 2.75) is 12.8 Å². The highest BCUT2D eigenvalue weighted by Gasteiger charge is 2.02. The quantitative estimate of drug-likeness (QED) is 0.420. The minimum absolute atomic E-state index is 0.183. The smallest absolute Gasteiger partial charge is 0.190 e. The molecule has 6 nitrogen and oxygen atoms in total. The summed E-state index contributed by atoms with van der Waals surface area (Å²) in [5, 5.41) is 6.30. The molecule has 0 saturated heterocycles. The third-order valence-electron chi connectivity index (χ3n) is 3.07. The molecule has 0 fully saturated rings. The molecule has 0 radical (unpaired) electrons. The molecule has 0 saturated carbocycles. The van der Waals surface area contributed by atoms with Crippen LogP contribution in [0.25, 0.3) is 0 Å². The molecule has 2 N–H and O–H groups in total. The van der Waals surface area contributed by atoms with E-state index in [1.807, 2.05) is 24.3 Å². The van der Waals surface area contributed by atoms with Gasteiger partial charge in [0.25, 0.3) is 0 Å². The number of ether oxygens (including phenoxy) is 1. The lowest BCUT2D eigenvalue weighted by Crippen LogP contribution is -2.39. The molecular formula is C15H25N3O3S. The van der Waals surface area contributed by atoms with Crippen molar-refractivity contribution in [2.75, 3.05) is 39.3 Å². The molecule has 1 rings (SSSR count). The van der Waals surface area contributed by atoms with Crippen molar-refractivity contribution in [1.82, 2.24) is 10.6 Å². The molecule has 0 aliphatic rings. The second kappa shape index (κ2) is 9.30. The molecule has 0 bridgehead atoms. The minimum Gasteiger partial charge on any atom is -0.497 e. The second-order valence-corrected chi connectivity index (χ2v) is 7.27. The largest absolute Gasteiger partial charge is 0.497 e. The number of aliphatic imine (C=N–C) groups is 1. The molecule has 7 heteroatoms. The van der Waals surface area contributed by atoms with Gasteiger partial charge in [-0.2, -0.15) is 0 Å². The van der Waals surface area contributed by atoms with E-state index in [0.29, 0.717) is 18.9 Å². The van der Waals surface area contributed by atoms with Gasteiger partial charge >= 0.3 is 0 Å². The lowest BCUT2D eigenvalue weighted by atomic mass is 10.1. The summed E-state index contributed by atoms with van der Waals surface area (Å²) in [6.45, 7) is 1.33. The Kier molecular flexibility index (Phi) is 7.73. The van der Waals surface area contributed by atoms with E-state index in [-0.39, 0.29) is 5.75 Å². The monoisotopic (exact) mass is 327 g/mol. The zero-order valence-corrected chi connectivity index (χ0v) is 14.2. The zero-order valence-electron chi connectivity index (χ0n) is 13.4. The van der Waals surface area contributed by atoms with Crippen LogP contribution in [-0.4, -0.2) is 53.6 Å². The zero-order chi connectivity index (χ0) is 16.4. The number of nitrogens with one attached hydrogen (secondary N) is 2. The average molecular weight is 327 g/mol. The van der Waals surface area contributed by atoms with Crippen LogP contribution in [0.15, 0.2) is 29.3 Å². The summed E-state index contributed by atoms with van der Waals surface area (Å²) < 4.78 is 27.2. The van der Waals surface area contributed by atoms with Crippen molar-refractivity contribution in [3.8, 4) is 5.75 Å². The molecule has 0 heterocycles. The van der Waals surface area contributed by atoms with E-state index in [1.165, 1.54) is 11.8 Å². The number of guanidine groups is 1. The number of sulfone groups is 1. The third-order valence-corrected chi connectivity index (χ3v) is 4.10. The number of rotatable bonds is 8. The average Bonchev–Trinajstić information content (AvgIpc) is 2.49. The Labute approximate surface area is 132 Å². The Morgan fingerprint density at radius 2 is 1.82 bits per heavy atom. The van der Waals surface area contributed by atoms with Crippen LogP contribution in [0.4, 0.5) is 0 Å². The van der Waals surface area contributed by atoms with E-state index in [4.69, 9.17) is 4.74 Å². The van der Waals surface area contributed by atoms with Crippen molar-refractivity contribution in [3.05, 3.63) is 29.8 Å². The second-order valence-electron chi connectivity index (χ2n) is 5.01. The number of hydrogen-bond donors (Lipinski definition) is 2. The molecule has 1 aromatic carbocycles. The van der Waals surface area contributed by atoms with Crippen molar-refractivity contribution >= 4 is 15.8 Å². The summed E-state index contributed by atoms with van der Waals surface area (Å²) in [4.78, 5) is 4.11. The molecule has 0 spiro atoms. The van der Waals surface area contributed by atoms with Crippen molar-refractivity contribution in [2.24, 2.45) is 4.99 Å². The fourth-order valence-electron chi connectivity index (χ4n) is 1.88. The first-order valence-corrected chi connectivity index (χ1v) is 9.26. The van der Waals surface area contributed by atoms with E-state index < -0.39 is 9.84 Å². The van der Waals surface area contributed by atoms with Crippen molar-refractivity contribution in [1.29, 1.82) is 0 Å². The highest BCUT2D eigenvalue weighted by molar-refractivity contribution is 7.90. The number of hydrogen-bond acceptors (Lipinski definition) is 4. The van der Waals surface area contributed by atoms with Gasteiger partial charge in [-0.15, -0.1) is 0 Å². The number of nitrogens with zero attached hydrogens (tertiary/aromatic N) is 1. The minimum atomic E-state index is -2.90. The van der Waals surface area contributed by atoms with Crippen LogP contribution in [-0.2, 0) is 16.3 Å². The lowest BCUT2D eigenvalue weighted by molar-refractivity contribution is 0.414. The van der Waals surface area contributed by atoms with E-state index in [9.17, 15) is 8.42 Å². The van der Waals surface area contributed by atoms with E-state index in [0.717, 1.165) is 18.7 Å². The molecule has 0 amide bonds. The summed E-state index contributed by atoms with van der Waals surface area (Å²) in [6.07, 6.45) is 2.68. The van der Waals surface area contributed by atoms with Gasteiger partial charge in [-0.3, -0.25) is 4.99 Å². The molecule has 0 aromatic heterocycles. The first-order chi connectivity index (χ1) is 10.4. The van der Waals surface area contributed by atoms with Crippen LogP contribution in [0.2, 0.25) is 0 Å². The summed E-state index contributed by atoms with van der Waals surface area (Å²) in [6, 6.07) is 7.94. The predicted molar refractivity (Wildman–Crippen MR) is 90.4 cm³/mol. The summed E-state index contributed by atoms with van der Waals surface area (Å²) >= 11 is 0. The van der Waals surface area contributed by atoms with Crippen molar-refractivity contribution in [3.63, 3.8) is 0 Å². The van der Waals surface area contributed by atoms with Crippen molar-refractivity contribution < 1.29 is 13.2 Å². The third kappa shape index (κ3) is 7.87. The first-order valence-electron chi connectivity index (χ1n) is 7.20. The van der Waals surface area contributed by atoms with Gasteiger partial charge in [0, 0.05) is 26.4 Å². The first kappa shape index (κ1) is 18.3. The maximum Gasteiger partial charge on any atom is 0.190 e. The number of benzene rings is 1. The van der Waals surface area contributed by atoms with Crippen LogP contribution in [0, 0.1) is 0 Å². The molecule has 0 atom stereocenters. The summed E-state index contributed by atoms with van der Waals surface area (Å²) in [5.74, 6) is 1.71. The molecule has 1 aromatic rings. The van der Waals surface area contributed by atoms with Crippen LogP contribution in [0.3, 0.4) is 0 Å². The molecule has 0 aliphatic carbocycles. The maximum absolute atomic E-state index is 11.0. The van der Waals surface area contributed by atoms with Crippen LogP contribution >= 0.6 is 0 Å². The fraction of sp³-hybridized carbons (Fsp3) is 0.533. The van der Waals surface area contributed by atoms with E-state index in [1.54, 1.807) is 14.2 Å². The van der Waals surface area contributed by atoms with Crippen LogP contribution in [0.1, 0.15) is 12.0 Å². The van der Waals surface area contributed by atoms with Gasteiger partial charge in [-0.25, -0.2) is 8.42 Å². The highest BCUT2D eigenvalue weighted by Crippen LogP contribution is 2.11. The van der Waals surface area contributed by atoms with Gasteiger partial charge in [0.1, 0.15) is 15.6 Å². The van der Waals surface area contributed by atoms with Gasteiger partial charge in [0.05, 0.1) is 12.9 Å². The Morgan fingerprint density at radius 3 is 2.36 bits per heavy atom. The SMILES string of the molecule is CN=C(NCCCS(C)(=O)=O)NCCc1ccc(OC)cc1. The highest BCUT2D eigenvalue weighted by atomic mass is 32.2. The molecule has 22 heavy (non-hydrogen) atoms. The van der Waals surface area contributed by atoms with Crippen LogP contribution < -0.4 is 15.4 Å². The molecular weight excluding hydrogens is 302 g/mol. The Bertz CT molecular complexity index is 568. The fourth-order valence-corrected chi connectivity index (χ4v) is 2.55. The normalized spacial score (nSPS) is 12.0. The Balaban J connectivity index is 2.26. The number of methoxy groups -OCH3 is 1. The van der Waals surface area contributed by atoms with Gasteiger partial charge < -0.3 is 15.4 Å². The predicted octanol–water partition coefficient (Wildman–Crippen LogP) is 0.837. The topological polar surface area (TPSA) is 79.8 Å². The summed E-state index contributed by atoms with van der Waals surface area (Å²) in [5.41, 5.74) is 1.21. The van der Waals surface area contributed by atoms with Crippen LogP contribution in [0.5, 0.6) is 5.75 Å². The molecule has 124 valence electrons. The van der Waals surface area contributed by atoms with E-state index in [2.05, 4.69) is 15.6 Å². The van der Waals surface area contributed by atoms with Gasteiger partial charge in [-0.1, -0.05) is 12.1 Å². The van der Waals surface area contributed by atoms with Gasteiger partial charge in [0.2, 0.25) is 0 Å². The lowest BCUT2D eigenvalue weighted by Gasteiger charge is -2.11. The molecule has 0 unspecified atom stereocenters. The summed E-state index contributed by atoms with van der Waals surface area (Å²) in [7, 11) is 0.444.